The molecule has 0 saturated carbocycles. The van der Waals surface area contributed by atoms with Crippen molar-refractivity contribution in [3.8, 4) is 28.5 Å². The zero-order chi connectivity index (χ0) is 30.7. The largest absolute Gasteiger partial charge is 0.573 e. The van der Waals surface area contributed by atoms with Crippen molar-refractivity contribution in [2.75, 3.05) is 0 Å². The van der Waals surface area contributed by atoms with E-state index in [1.54, 1.807) is 18.2 Å². The Hall–Kier alpha value is -4.78. The number of carbonyl (C=O) groups is 1. The first kappa shape index (κ1) is 29.7. The quantitative estimate of drug-likeness (QED) is 0.200. The number of nitrogens with one attached hydrogen (secondary N) is 1. The van der Waals surface area contributed by atoms with E-state index in [4.69, 9.17) is 0 Å². The minimum absolute atomic E-state index is 0.0689. The summed E-state index contributed by atoms with van der Waals surface area (Å²) in [5.41, 5.74) is 4.52. The number of aryl methyl sites for hydroxylation is 1. The predicted molar refractivity (Wildman–Crippen MR) is 154 cm³/mol. The maximum Gasteiger partial charge on any atom is 0.573 e. The second kappa shape index (κ2) is 12.2. The summed E-state index contributed by atoms with van der Waals surface area (Å²) in [6, 6.07) is 16.6. The van der Waals surface area contributed by atoms with Crippen LogP contribution in [0.25, 0.3) is 22.8 Å². The SMILES string of the molecule is Cc1cs/c(=N\C(=O)NCc2ccc(-c3ncn(-c4ccc(OC(F)(F)F)cc4)n3)cc2)n1-c1ccc(F)cc1C(C)C. The van der Waals surface area contributed by atoms with Gasteiger partial charge in [0.15, 0.2) is 10.6 Å². The summed E-state index contributed by atoms with van der Waals surface area (Å²) in [5.74, 6) is -0.162. The van der Waals surface area contributed by atoms with Crippen molar-refractivity contribution >= 4 is 17.4 Å². The van der Waals surface area contributed by atoms with E-state index in [-0.39, 0.29) is 24.0 Å². The Bertz CT molecular complexity index is 1810. The number of carbonyl (C=O) groups excluding carboxylic acids is 1. The zero-order valence-electron chi connectivity index (χ0n) is 23.3. The van der Waals surface area contributed by atoms with E-state index in [9.17, 15) is 22.4 Å². The number of thiazole rings is 1. The van der Waals surface area contributed by atoms with E-state index in [1.807, 2.05) is 42.9 Å². The van der Waals surface area contributed by atoms with E-state index in [0.29, 0.717) is 21.9 Å². The van der Waals surface area contributed by atoms with Crippen LogP contribution in [0.5, 0.6) is 5.75 Å². The molecule has 5 rings (SSSR count). The van der Waals surface area contributed by atoms with Crippen molar-refractivity contribution in [1.82, 2.24) is 24.6 Å². The van der Waals surface area contributed by atoms with Crippen molar-refractivity contribution in [1.29, 1.82) is 0 Å². The molecule has 0 fully saturated rings. The number of rotatable bonds is 7. The third-order valence-corrected chi connectivity index (χ3v) is 7.35. The molecule has 2 aromatic heterocycles. The average molecular weight is 611 g/mol. The Labute approximate surface area is 247 Å². The van der Waals surface area contributed by atoms with Crippen LogP contribution in [0, 0.1) is 12.7 Å². The Kier molecular flexibility index (Phi) is 8.44. The molecular formula is C30H26F4N6O2S. The van der Waals surface area contributed by atoms with E-state index in [0.717, 1.165) is 22.5 Å². The van der Waals surface area contributed by atoms with Crippen molar-refractivity contribution in [2.45, 2.75) is 39.6 Å². The molecule has 13 heteroatoms. The fourth-order valence-electron chi connectivity index (χ4n) is 4.35. The molecule has 3 aromatic carbocycles. The topological polar surface area (TPSA) is 86.3 Å². The molecule has 0 aliphatic carbocycles. The number of halogens is 4. The Morgan fingerprint density at radius 1 is 1.07 bits per heavy atom. The monoisotopic (exact) mass is 610 g/mol. The summed E-state index contributed by atoms with van der Waals surface area (Å²) in [6.45, 7) is 6.10. The number of amides is 2. The number of nitrogens with zero attached hydrogens (tertiary/aromatic N) is 5. The van der Waals surface area contributed by atoms with Crippen LogP contribution in [0.4, 0.5) is 22.4 Å². The summed E-state index contributed by atoms with van der Waals surface area (Å²) in [6.07, 6.45) is -3.31. The highest BCUT2D eigenvalue weighted by Gasteiger charge is 2.31. The molecule has 0 unspecified atom stereocenters. The van der Waals surface area contributed by atoms with Crippen LogP contribution in [0.15, 0.2) is 83.4 Å². The lowest BCUT2D eigenvalue weighted by atomic mass is 10.0. The molecule has 5 aromatic rings. The maximum absolute atomic E-state index is 13.9. The first-order chi connectivity index (χ1) is 20.5. The summed E-state index contributed by atoms with van der Waals surface area (Å²) >= 11 is 1.32. The first-order valence-electron chi connectivity index (χ1n) is 13.1. The van der Waals surface area contributed by atoms with Crippen LogP contribution in [-0.4, -0.2) is 31.7 Å². The maximum atomic E-state index is 13.9. The van der Waals surface area contributed by atoms with Gasteiger partial charge in [-0.3, -0.25) is 4.57 Å². The van der Waals surface area contributed by atoms with Crippen molar-refractivity contribution in [3.05, 3.63) is 106 Å². The number of hydrogen-bond donors (Lipinski definition) is 1. The van der Waals surface area contributed by atoms with Gasteiger partial charge in [0, 0.05) is 23.2 Å². The van der Waals surface area contributed by atoms with Crippen LogP contribution in [-0.2, 0) is 6.54 Å². The number of urea groups is 1. The third-order valence-electron chi connectivity index (χ3n) is 6.41. The number of alkyl halides is 3. The van der Waals surface area contributed by atoms with Gasteiger partial charge < -0.3 is 10.1 Å². The lowest BCUT2D eigenvalue weighted by molar-refractivity contribution is -0.274. The minimum Gasteiger partial charge on any atom is -0.406 e. The molecule has 0 saturated heterocycles. The Morgan fingerprint density at radius 2 is 1.79 bits per heavy atom. The van der Waals surface area contributed by atoms with E-state index in [1.165, 1.54) is 58.7 Å². The molecule has 1 N–H and O–H groups in total. The molecular weight excluding hydrogens is 584 g/mol. The molecule has 0 atom stereocenters. The van der Waals surface area contributed by atoms with Gasteiger partial charge in [-0.15, -0.1) is 29.6 Å². The van der Waals surface area contributed by atoms with Gasteiger partial charge in [-0.1, -0.05) is 38.1 Å². The Balaban J connectivity index is 1.25. The smallest absolute Gasteiger partial charge is 0.406 e. The standard InChI is InChI=1S/C30H26F4N6O2S/c1-18(2)25-14-22(31)8-13-26(25)40-19(3)16-43-29(40)37-28(41)35-15-20-4-6-21(7-5-20)27-36-17-39(38-27)23-9-11-24(12-10-23)42-30(32,33)34/h4-14,16-18H,15H2,1-3H3,(H,35,41)/b37-29-. The van der Waals surface area contributed by atoms with Crippen LogP contribution in [0.1, 0.15) is 36.6 Å². The molecule has 0 spiro atoms. The van der Waals surface area contributed by atoms with Gasteiger partial charge >= 0.3 is 12.4 Å². The van der Waals surface area contributed by atoms with Crippen LogP contribution in [0.3, 0.4) is 0 Å². The summed E-state index contributed by atoms with van der Waals surface area (Å²) in [7, 11) is 0. The van der Waals surface area contributed by atoms with Gasteiger partial charge in [-0.2, -0.15) is 4.99 Å². The van der Waals surface area contributed by atoms with Crippen LogP contribution < -0.4 is 14.9 Å². The molecule has 0 radical (unpaired) electrons. The molecule has 0 aliphatic heterocycles. The first-order valence-corrected chi connectivity index (χ1v) is 14.0. The summed E-state index contributed by atoms with van der Waals surface area (Å²) in [4.78, 5) is 21.8. The van der Waals surface area contributed by atoms with E-state index < -0.39 is 12.4 Å². The third kappa shape index (κ3) is 7.17. The molecule has 8 nitrogen and oxygen atoms in total. The number of hydrogen-bond acceptors (Lipinski definition) is 5. The van der Waals surface area contributed by atoms with Crippen molar-refractivity contribution in [2.24, 2.45) is 4.99 Å². The lowest BCUT2D eigenvalue weighted by Gasteiger charge is -2.15. The van der Waals surface area contributed by atoms with Gasteiger partial charge in [0.05, 0.1) is 11.4 Å². The second-order valence-electron chi connectivity index (χ2n) is 9.87. The zero-order valence-corrected chi connectivity index (χ0v) is 24.1. The highest BCUT2D eigenvalue weighted by molar-refractivity contribution is 7.07. The number of benzene rings is 3. The highest BCUT2D eigenvalue weighted by atomic mass is 32.1. The summed E-state index contributed by atoms with van der Waals surface area (Å²) < 4.78 is 58.3. The van der Waals surface area contributed by atoms with E-state index in [2.05, 4.69) is 25.1 Å². The van der Waals surface area contributed by atoms with Gasteiger partial charge in [-0.25, -0.2) is 18.9 Å². The Morgan fingerprint density at radius 3 is 2.47 bits per heavy atom. The fourth-order valence-corrected chi connectivity index (χ4v) is 5.22. The minimum atomic E-state index is -4.76. The van der Waals surface area contributed by atoms with Gasteiger partial charge in [0.1, 0.15) is 17.9 Å². The van der Waals surface area contributed by atoms with Crippen LogP contribution in [0.2, 0.25) is 0 Å². The second-order valence-corrected chi connectivity index (χ2v) is 10.7. The van der Waals surface area contributed by atoms with Gasteiger partial charge in [0.2, 0.25) is 0 Å². The fraction of sp³-hybridized carbons (Fsp3) is 0.200. The number of aromatic nitrogens is 4. The number of ether oxygens (including phenoxy) is 1. The van der Waals surface area contributed by atoms with Gasteiger partial charge in [-0.05, 0) is 66.4 Å². The molecule has 0 aliphatic rings. The summed E-state index contributed by atoms with van der Waals surface area (Å²) in [5, 5.41) is 9.09. The average Bonchev–Trinajstić information content (AvgIpc) is 3.59. The molecule has 43 heavy (non-hydrogen) atoms. The molecule has 2 amide bonds. The van der Waals surface area contributed by atoms with Crippen LogP contribution >= 0.6 is 11.3 Å². The normalized spacial score (nSPS) is 12.1. The molecule has 222 valence electrons. The van der Waals surface area contributed by atoms with Crippen molar-refractivity contribution in [3.63, 3.8) is 0 Å². The van der Waals surface area contributed by atoms with Crippen molar-refractivity contribution < 1.29 is 27.1 Å². The highest BCUT2D eigenvalue weighted by Crippen LogP contribution is 2.26. The predicted octanol–water partition coefficient (Wildman–Crippen LogP) is 7.07. The van der Waals surface area contributed by atoms with E-state index >= 15 is 0 Å². The lowest BCUT2D eigenvalue weighted by Crippen LogP contribution is -2.24. The molecule has 2 heterocycles. The molecule has 0 bridgehead atoms. The van der Waals surface area contributed by atoms with Gasteiger partial charge in [0.25, 0.3) is 0 Å².